The summed E-state index contributed by atoms with van der Waals surface area (Å²) in [5, 5.41) is -0.373. The first kappa shape index (κ1) is 24.1. The number of amides is 2. The summed E-state index contributed by atoms with van der Waals surface area (Å²) in [6.07, 6.45) is 1.56. The van der Waals surface area contributed by atoms with Gasteiger partial charge in [0.15, 0.2) is 0 Å². The van der Waals surface area contributed by atoms with Crippen molar-refractivity contribution in [2.75, 3.05) is 20.3 Å². The van der Waals surface area contributed by atoms with Crippen molar-refractivity contribution in [1.29, 1.82) is 0 Å². The molecule has 0 unspecified atom stereocenters. The molecular weight excluding hydrogens is 466 g/mol. The molecule has 0 saturated carbocycles. The summed E-state index contributed by atoms with van der Waals surface area (Å²) >= 11 is 0.842. The minimum atomic E-state index is -0.546. The highest BCUT2D eigenvalue weighted by Crippen LogP contribution is 2.34. The Hall–Kier alpha value is -4.04. The summed E-state index contributed by atoms with van der Waals surface area (Å²) < 4.78 is 16.3. The van der Waals surface area contributed by atoms with Crippen LogP contribution in [-0.4, -0.2) is 42.3 Å². The van der Waals surface area contributed by atoms with E-state index in [9.17, 15) is 14.4 Å². The quantitative estimate of drug-likeness (QED) is 0.240. The molecule has 1 saturated heterocycles. The number of carbonyl (C=O) groups excluding carboxylic acids is 3. The van der Waals surface area contributed by atoms with Crippen molar-refractivity contribution in [3.8, 4) is 17.2 Å². The molecule has 3 aromatic carbocycles. The third-order valence-corrected chi connectivity index (χ3v) is 6.09. The van der Waals surface area contributed by atoms with Crippen LogP contribution in [0.2, 0.25) is 0 Å². The van der Waals surface area contributed by atoms with Gasteiger partial charge >= 0.3 is 5.97 Å². The molecule has 7 nitrogen and oxygen atoms in total. The Balaban J connectivity index is 1.44. The molecule has 0 bridgehead atoms. The van der Waals surface area contributed by atoms with Crippen LogP contribution < -0.4 is 14.2 Å². The smallest absolute Gasteiger partial charge is 0.343 e. The van der Waals surface area contributed by atoms with Crippen LogP contribution in [0.5, 0.6) is 17.2 Å². The fourth-order valence-electron chi connectivity index (χ4n) is 3.37. The number of benzene rings is 3. The van der Waals surface area contributed by atoms with Gasteiger partial charge in [-0.1, -0.05) is 30.3 Å². The minimum absolute atomic E-state index is 0.129. The molecule has 1 aliphatic rings. The maximum Gasteiger partial charge on any atom is 0.343 e. The Morgan fingerprint density at radius 1 is 0.971 bits per heavy atom. The number of thioether (sulfide) groups is 1. The van der Waals surface area contributed by atoms with E-state index in [0.29, 0.717) is 22.6 Å². The molecule has 1 aliphatic heterocycles. The Morgan fingerprint density at radius 2 is 1.74 bits per heavy atom. The van der Waals surface area contributed by atoms with E-state index < -0.39 is 11.9 Å². The van der Waals surface area contributed by atoms with Crippen LogP contribution in [0.1, 0.15) is 21.5 Å². The summed E-state index contributed by atoms with van der Waals surface area (Å²) in [6, 6.07) is 20.9. The third-order valence-electron chi connectivity index (χ3n) is 5.18. The van der Waals surface area contributed by atoms with Gasteiger partial charge in [-0.3, -0.25) is 14.5 Å². The molecular formula is C27H23NO6S. The van der Waals surface area contributed by atoms with Crippen molar-refractivity contribution in [2.45, 2.75) is 6.92 Å². The van der Waals surface area contributed by atoms with Crippen LogP contribution in [0.4, 0.5) is 4.79 Å². The number of nitrogens with zero attached hydrogens (tertiary/aromatic N) is 1. The first-order valence-electron chi connectivity index (χ1n) is 10.8. The number of aryl methyl sites for hydroxylation is 1. The molecule has 3 aromatic rings. The van der Waals surface area contributed by atoms with Gasteiger partial charge in [0.25, 0.3) is 11.1 Å². The zero-order valence-corrected chi connectivity index (χ0v) is 20.0. The molecule has 178 valence electrons. The second-order valence-electron chi connectivity index (χ2n) is 7.65. The summed E-state index contributed by atoms with van der Waals surface area (Å²) in [5.41, 5.74) is 1.92. The Morgan fingerprint density at radius 3 is 2.49 bits per heavy atom. The molecule has 0 atom stereocenters. The van der Waals surface area contributed by atoms with Crippen LogP contribution >= 0.6 is 11.8 Å². The second kappa shape index (κ2) is 10.9. The van der Waals surface area contributed by atoms with Gasteiger partial charge in [-0.05, 0) is 72.8 Å². The third kappa shape index (κ3) is 5.91. The van der Waals surface area contributed by atoms with Crippen molar-refractivity contribution in [2.24, 2.45) is 0 Å². The molecule has 0 aromatic heterocycles. The standard InChI is InChI=1S/C27H23NO6S/c1-18-6-5-8-22(16-18)33-15-14-28-25(29)24(35-27(28)31)17-20-7-3-4-9-23(20)34-26(30)19-10-12-21(32-2)13-11-19/h3-13,16-17H,14-15H2,1-2H3/b24-17-. The Bertz CT molecular complexity index is 1280. The lowest BCUT2D eigenvalue weighted by molar-refractivity contribution is -0.123. The SMILES string of the molecule is COc1ccc(C(=O)Oc2ccccc2/C=C2\SC(=O)N(CCOc3cccc(C)c3)C2=O)cc1. The van der Waals surface area contributed by atoms with E-state index in [1.54, 1.807) is 61.7 Å². The van der Waals surface area contributed by atoms with E-state index in [2.05, 4.69) is 0 Å². The van der Waals surface area contributed by atoms with Gasteiger partial charge in [-0.25, -0.2) is 4.79 Å². The number of rotatable bonds is 8. The average molecular weight is 490 g/mol. The highest BCUT2D eigenvalue weighted by atomic mass is 32.2. The molecule has 1 fully saturated rings. The van der Waals surface area contributed by atoms with Crippen molar-refractivity contribution < 1.29 is 28.6 Å². The van der Waals surface area contributed by atoms with Crippen molar-refractivity contribution in [3.05, 3.63) is 94.4 Å². The number of esters is 1. The highest BCUT2D eigenvalue weighted by molar-refractivity contribution is 8.18. The van der Waals surface area contributed by atoms with Crippen LogP contribution in [0, 0.1) is 6.92 Å². The zero-order valence-electron chi connectivity index (χ0n) is 19.2. The topological polar surface area (TPSA) is 82.1 Å². The van der Waals surface area contributed by atoms with E-state index in [0.717, 1.165) is 22.2 Å². The van der Waals surface area contributed by atoms with Crippen molar-refractivity contribution in [1.82, 2.24) is 4.90 Å². The average Bonchev–Trinajstić information content (AvgIpc) is 3.12. The number of hydrogen-bond acceptors (Lipinski definition) is 7. The lowest BCUT2D eigenvalue weighted by Gasteiger charge is -2.13. The molecule has 0 radical (unpaired) electrons. The minimum Gasteiger partial charge on any atom is -0.497 e. The van der Waals surface area contributed by atoms with Crippen LogP contribution in [0.25, 0.3) is 6.08 Å². The lowest BCUT2D eigenvalue weighted by atomic mass is 10.1. The van der Waals surface area contributed by atoms with Crippen LogP contribution in [0.15, 0.2) is 77.7 Å². The van der Waals surface area contributed by atoms with E-state index in [4.69, 9.17) is 14.2 Å². The largest absolute Gasteiger partial charge is 0.497 e. The Kier molecular flexibility index (Phi) is 7.52. The number of ether oxygens (including phenoxy) is 3. The predicted molar refractivity (Wildman–Crippen MR) is 134 cm³/mol. The van der Waals surface area contributed by atoms with Crippen LogP contribution in [0.3, 0.4) is 0 Å². The predicted octanol–water partition coefficient (Wildman–Crippen LogP) is 5.34. The summed E-state index contributed by atoms with van der Waals surface area (Å²) in [4.78, 5) is 39.3. The highest BCUT2D eigenvalue weighted by Gasteiger charge is 2.35. The zero-order chi connectivity index (χ0) is 24.8. The summed E-state index contributed by atoms with van der Waals surface area (Å²) in [5.74, 6) is 0.629. The molecule has 8 heteroatoms. The van der Waals surface area contributed by atoms with E-state index in [1.165, 1.54) is 0 Å². The van der Waals surface area contributed by atoms with E-state index >= 15 is 0 Å². The summed E-state index contributed by atoms with van der Waals surface area (Å²) in [7, 11) is 1.54. The monoisotopic (exact) mass is 489 g/mol. The van der Waals surface area contributed by atoms with Crippen molar-refractivity contribution >= 4 is 35.0 Å². The van der Waals surface area contributed by atoms with E-state index in [-0.39, 0.29) is 29.0 Å². The fraction of sp³-hybridized carbons (Fsp3) is 0.148. The van der Waals surface area contributed by atoms with Gasteiger partial charge < -0.3 is 14.2 Å². The molecule has 2 amide bonds. The Labute approximate surface area is 207 Å². The number of imide groups is 1. The van der Waals surface area contributed by atoms with Gasteiger partial charge in [0, 0.05) is 5.56 Å². The van der Waals surface area contributed by atoms with Gasteiger partial charge in [-0.15, -0.1) is 0 Å². The maximum absolute atomic E-state index is 12.9. The fourth-order valence-corrected chi connectivity index (χ4v) is 4.23. The molecule has 4 rings (SSSR count). The van der Waals surface area contributed by atoms with Gasteiger partial charge in [-0.2, -0.15) is 0 Å². The number of methoxy groups -OCH3 is 1. The molecule has 0 N–H and O–H groups in total. The van der Waals surface area contributed by atoms with Crippen LogP contribution in [-0.2, 0) is 4.79 Å². The second-order valence-corrected chi connectivity index (χ2v) is 8.65. The normalized spacial score (nSPS) is 14.3. The number of carbonyl (C=O) groups is 3. The van der Waals surface area contributed by atoms with E-state index in [1.807, 2.05) is 31.2 Å². The van der Waals surface area contributed by atoms with Gasteiger partial charge in [0.05, 0.1) is 24.1 Å². The van der Waals surface area contributed by atoms with Crippen molar-refractivity contribution in [3.63, 3.8) is 0 Å². The molecule has 0 aliphatic carbocycles. The molecule has 1 heterocycles. The number of hydrogen-bond donors (Lipinski definition) is 0. The first-order valence-corrected chi connectivity index (χ1v) is 11.7. The first-order chi connectivity index (χ1) is 16.9. The lowest BCUT2D eigenvalue weighted by Crippen LogP contribution is -2.32. The molecule has 0 spiro atoms. The molecule has 35 heavy (non-hydrogen) atoms. The maximum atomic E-state index is 12.9. The van der Waals surface area contributed by atoms with Gasteiger partial charge in [0.2, 0.25) is 0 Å². The number of para-hydroxylation sites is 1. The van der Waals surface area contributed by atoms with Gasteiger partial charge in [0.1, 0.15) is 23.9 Å². The summed E-state index contributed by atoms with van der Waals surface area (Å²) in [6.45, 7) is 2.27.